The van der Waals surface area contributed by atoms with Crippen LogP contribution >= 0.6 is 15.9 Å². The number of aromatic nitrogens is 3. The van der Waals surface area contributed by atoms with E-state index >= 15 is 0 Å². The Bertz CT molecular complexity index is 524. The van der Waals surface area contributed by atoms with Gasteiger partial charge in [0.05, 0.1) is 11.0 Å². The second-order valence-electron chi connectivity index (χ2n) is 3.33. The van der Waals surface area contributed by atoms with Gasteiger partial charge in [-0.25, -0.2) is 4.39 Å². The molecule has 0 amide bonds. The lowest BCUT2D eigenvalue weighted by Gasteiger charge is -2.03. The quantitative estimate of drug-likeness (QED) is 0.916. The van der Waals surface area contributed by atoms with E-state index in [1.807, 2.05) is 7.05 Å². The molecule has 0 aliphatic carbocycles. The second-order valence-corrected chi connectivity index (χ2v) is 4.19. The number of nitrogens with two attached hydrogens (primary N) is 1. The van der Waals surface area contributed by atoms with Gasteiger partial charge >= 0.3 is 0 Å². The summed E-state index contributed by atoms with van der Waals surface area (Å²) in [5.74, 6) is 1.06. The highest BCUT2D eigenvalue weighted by Gasteiger charge is 2.10. The standard InChI is InChI=1S/C10H10BrFN4/c1-16-9(5-13)14-15-10(16)6-2-3-8(12)7(11)4-6/h2-4H,5,13H2,1H3. The number of halogens is 2. The lowest BCUT2D eigenvalue weighted by atomic mass is 10.2. The van der Waals surface area contributed by atoms with E-state index in [1.165, 1.54) is 6.07 Å². The average molecular weight is 285 g/mol. The van der Waals surface area contributed by atoms with Crippen LogP contribution in [0.1, 0.15) is 5.82 Å². The predicted molar refractivity (Wildman–Crippen MR) is 62.0 cm³/mol. The highest BCUT2D eigenvalue weighted by atomic mass is 79.9. The van der Waals surface area contributed by atoms with Crippen LogP contribution in [0.3, 0.4) is 0 Å². The molecule has 0 aliphatic rings. The summed E-state index contributed by atoms with van der Waals surface area (Å²) in [6, 6.07) is 4.71. The molecule has 4 nitrogen and oxygen atoms in total. The fraction of sp³-hybridized carbons (Fsp3) is 0.200. The van der Waals surface area contributed by atoms with Crippen LogP contribution < -0.4 is 5.73 Å². The zero-order chi connectivity index (χ0) is 11.7. The Morgan fingerprint density at radius 2 is 2.19 bits per heavy atom. The second kappa shape index (κ2) is 4.31. The minimum absolute atomic E-state index is 0.301. The third-order valence-corrected chi connectivity index (χ3v) is 2.93. The van der Waals surface area contributed by atoms with E-state index in [9.17, 15) is 4.39 Å². The van der Waals surface area contributed by atoms with Crippen molar-refractivity contribution in [1.29, 1.82) is 0 Å². The van der Waals surface area contributed by atoms with Crippen LogP contribution in [-0.2, 0) is 13.6 Å². The van der Waals surface area contributed by atoms with Gasteiger partial charge in [-0.2, -0.15) is 0 Å². The molecule has 1 aromatic carbocycles. The van der Waals surface area contributed by atoms with Gasteiger partial charge < -0.3 is 10.3 Å². The van der Waals surface area contributed by atoms with E-state index < -0.39 is 0 Å². The van der Waals surface area contributed by atoms with Gasteiger partial charge in [0.15, 0.2) is 5.82 Å². The van der Waals surface area contributed by atoms with Crippen LogP contribution in [0.2, 0.25) is 0 Å². The molecule has 0 saturated heterocycles. The van der Waals surface area contributed by atoms with E-state index in [0.29, 0.717) is 22.7 Å². The molecule has 0 unspecified atom stereocenters. The molecule has 0 saturated carbocycles. The zero-order valence-corrected chi connectivity index (χ0v) is 10.2. The van der Waals surface area contributed by atoms with Gasteiger partial charge in [-0.05, 0) is 34.1 Å². The largest absolute Gasteiger partial charge is 0.324 e. The molecule has 0 fully saturated rings. The SMILES string of the molecule is Cn1c(CN)nnc1-c1ccc(F)c(Br)c1. The molecule has 0 atom stereocenters. The first-order chi connectivity index (χ1) is 7.63. The Balaban J connectivity index is 2.50. The summed E-state index contributed by atoms with van der Waals surface area (Å²) in [6.07, 6.45) is 0. The number of nitrogens with zero attached hydrogens (tertiary/aromatic N) is 3. The summed E-state index contributed by atoms with van der Waals surface area (Å²) < 4.78 is 15.3. The Kier molecular flexibility index (Phi) is 3.02. The molecule has 6 heteroatoms. The van der Waals surface area contributed by atoms with Gasteiger partial charge in [0.2, 0.25) is 0 Å². The van der Waals surface area contributed by atoms with Crippen molar-refractivity contribution in [2.24, 2.45) is 12.8 Å². The number of benzene rings is 1. The molecular formula is C10H10BrFN4. The minimum Gasteiger partial charge on any atom is -0.324 e. The lowest BCUT2D eigenvalue weighted by Crippen LogP contribution is -2.05. The Morgan fingerprint density at radius 1 is 1.44 bits per heavy atom. The van der Waals surface area contributed by atoms with E-state index in [4.69, 9.17) is 5.73 Å². The van der Waals surface area contributed by atoms with Crippen molar-refractivity contribution >= 4 is 15.9 Å². The predicted octanol–water partition coefficient (Wildman–Crippen LogP) is 1.84. The molecule has 0 radical (unpaired) electrons. The van der Waals surface area contributed by atoms with Gasteiger partial charge in [0.25, 0.3) is 0 Å². The molecule has 2 rings (SSSR count). The zero-order valence-electron chi connectivity index (χ0n) is 8.61. The van der Waals surface area contributed by atoms with Crippen molar-refractivity contribution in [2.75, 3.05) is 0 Å². The summed E-state index contributed by atoms with van der Waals surface area (Å²) >= 11 is 3.13. The highest BCUT2D eigenvalue weighted by molar-refractivity contribution is 9.10. The van der Waals surface area contributed by atoms with Crippen molar-refractivity contribution in [3.8, 4) is 11.4 Å². The van der Waals surface area contributed by atoms with Crippen molar-refractivity contribution in [1.82, 2.24) is 14.8 Å². The van der Waals surface area contributed by atoms with Gasteiger partial charge in [-0.3, -0.25) is 0 Å². The van der Waals surface area contributed by atoms with E-state index in [1.54, 1.807) is 16.7 Å². The molecule has 2 aromatic rings. The van der Waals surface area contributed by atoms with E-state index in [2.05, 4.69) is 26.1 Å². The van der Waals surface area contributed by atoms with Crippen molar-refractivity contribution in [2.45, 2.75) is 6.54 Å². The minimum atomic E-state index is -0.301. The smallest absolute Gasteiger partial charge is 0.163 e. The molecule has 1 aromatic heterocycles. The van der Waals surface area contributed by atoms with Crippen molar-refractivity contribution < 1.29 is 4.39 Å². The topological polar surface area (TPSA) is 56.7 Å². The maximum atomic E-state index is 13.1. The molecule has 84 valence electrons. The normalized spacial score (nSPS) is 10.8. The van der Waals surface area contributed by atoms with Crippen LogP contribution in [0.4, 0.5) is 4.39 Å². The monoisotopic (exact) mass is 284 g/mol. The Labute approximate surface area is 100 Å². The highest BCUT2D eigenvalue weighted by Crippen LogP contribution is 2.23. The summed E-state index contributed by atoms with van der Waals surface area (Å²) in [7, 11) is 1.83. The molecule has 0 bridgehead atoms. The maximum absolute atomic E-state index is 13.1. The maximum Gasteiger partial charge on any atom is 0.163 e. The molecule has 1 heterocycles. The van der Waals surface area contributed by atoms with Crippen LogP contribution in [0, 0.1) is 5.82 Å². The fourth-order valence-corrected chi connectivity index (χ4v) is 1.80. The average Bonchev–Trinajstić information content (AvgIpc) is 2.64. The summed E-state index contributed by atoms with van der Waals surface area (Å²) in [5, 5.41) is 7.96. The van der Waals surface area contributed by atoms with Gasteiger partial charge in [-0.15, -0.1) is 10.2 Å². The fourth-order valence-electron chi connectivity index (χ4n) is 1.43. The first-order valence-electron chi connectivity index (χ1n) is 4.67. The third kappa shape index (κ3) is 1.85. The van der Waals surface area contributed by atoms with Crippen molar-refractivity contribution in [3.05, 3.63) is 34.3 Å². The van der Waals surface area contributed by atoms with Gasteiger partial charge in [0, 0.05) is 12.6 Å². The van der Waals surface area contributed by atoms with Crippen LogP contribution in [-0.4, -0.2) is 14.8 Å². The molecule has 16 heavy (non-hydrogen) atoms. The number of hydrogen-bond acceptors (Lipinski definition) is 3. The molecule has 2 N–H and O–H groups in total. The summed E-state index contributed by atoms with van der Waals surface area (Å²) in [6.45, 7) is 0.325. The molecular weight excluding hydrogens is 275 g/mol. The van der Waals surface area contributed by atoms with Crippen LogP contribution in [0.15, 0.2) is 22.7 Å². The van der Waals surface area contributed by atoms with E-state index in [-0.39, 0.29) is 5.82 Å². The van der Waals surface area contributed by atoms with E-state index in [0.717, 1.165) is 5.56 Å². The van der Waals surface area contributed by atoms with Gasteiger partial charge in [-0.1, -0.05) is 0 Å². The Hall–Kier alpha value is -1.27. The summed E-state index contributed by atoms with van der Waals surface area (Å²) in [5.41, 5.74) is 6.30. The summed E-state index contributed by atoms with van der Waals surface area (Å²) in [4.78, 5) is 0. The molecule has 0 aliphatic heterocycles. The number of hydrogen-bond donors (Lipinski definition) is 1. The van der Waals surface area contributed by atoms with Crippen molar-refractivity contribution in [3.63, 3.8) is 0 Å². The van der Waals surface area contributed by atoms with Crippen LogP contribution in [0.5, 0.6) is 0 Å². The lowest BCUT2D eigenvalue weighted by molar-refractivity contribution is 0.621. The van der Waals surface area contributed by atoms with Crippen LogP contribution in [0.25, 0.3) is 11.4 Å². The first-order valence-corrected chi connectivity index (χ1v) is 5.46. The number of rotatable bonds is 2. The molecule has 0 spiro atoms. The first kappa shape index (κ1) is 11.2. The van der Waals surface area contributed by atoms with Gasteiger partial charge in [0.1, 0.15) is 11.6 Å². The third-order valence-electron chi connectivity index (χ3n) is 2.33. The Morgan fingerprint density at radius 3 is 2.75 bits per heavy atom.